The minimum Gasteiger partial charge on any atom is -0.481 e. The zero-order valence-corrected chi connectivity index (χ0v) is 15.6. The van der Waals surface area contributed by atoms with Crippen LogP contribution in [0.5, 0.6) is 0 Å². The number of hydrogen-bond donors (Lipinski definition) is 1. The number of aryl methyl sites for hydroxylation is 1. The van der Waals surface area contributed by atoms with Gasteiger partial charge in [-0.3, -0.25) is 9.36 Å². The third kappa shape index (κ3) is 2.94. The van der Waals surface area contributed by atoms with E-state index < -0.39 is 11.9 Å². The number of benzene rings is 2. The van der Waals surface area contributed by atoms with Crippen molar-refractivity contribution in [2.24, 2.45) is 5.92 Å². The normalized spacial score (nSPS) is 12.5. The molecule has 6 heteroatoms. The summed E-state index contributed by atoms with van der Waals surface area (Å²) in [6.07, 6.45) is 0.314. The summed E-state index contributed by atoms with van der Waals surface area (Å²) in [4.78, 5) is 15.6. The first-order valence-corrected chi connectivity index (χ1v) is 8.71. The first-order chi connectivity index (χ1) is 11.4. The first-order valence-electron chi connectivity index (χ1n) is 7.54. The Morgan fingerprint density at radius 3 is 2.75 bits per heavy atom. The van der Waals surface area contributed by atoms with Gasteiger partial charge in [-0.05, 0) is 39.7 Å². The molecule has 1 aromatic heterocycles. The number of hydrogen-bond acceptors (Lipinski definition) is 2. The highest BCUT2D eigenvalue weighted by atomic mass is 79.9. The molecule has 0 aliphatic carbocycles. The third-order valence-electron chi connectivity index (χ3n) is 4.10. The summed E-state index contributed by atoms with van der Waals surface area (Å²) in [5.74, 6) is -0.672. The molecule has 0 aliphatic rings. The van der Waals surface area contributed by atoms with Crippen LogP contribution in [0.3, 0.4) is 0 Å². The molecule has 1 N–H and O–H groups in total. The Balaban J connectivity index is 2.19. The number of carbonyl (C=O) groups is 1. The van der Waals surface area contributed by atoms with Crippen molar-refractivity contribution in [2.75, 3.05) is 0 Å². The third-order valence-corrected chi connectivity index (χ3v) is 5.23. The summed E-state index contributed by atoms with van der Waals surface area (Å²) in [5.41, 5.74) is 1.61. The largest absolute Gasteiger partial charge is 0.481 e. The van der Waals surface area contributed by atoms with Crippen molar-refractivity contribution in [3.05, 3.63) is 57.5 Å². The van der Waals surface area contributed by atoms with E-state index in [1.807, 2.05) is 47.9 Å². The first kappa shape index (κ1) is 17.0. The van der Waals surface area contributed by atoms with Gasteiger partial charge in [0, 0.05) is 10.9 Å². The van der Waals surface area contributed by atoms with Crippen LogP contribution in [-0.4, -0.2) is 20.6 Å². The molecule has 24 heavy (non-hydrogen) atoms. The van der Waals surface area contributed by atoms with Crippen LogP contribution in [-0.2, 0) is 11.2 Å². The highest BCUT2D eigenvalue weighted by Gasteiger charge is 2.22. The molecule has 0 amide bonds. The number of fused-ring (bicyclic) bond motifs is 1. The van der Waals surface area contributed by atoms with Crippen LogP contribution < -0.4 is 0 Å². The summed E-state index contributed by atoms with van der Waals surface area (Å²) in [5, 5.41) is 11.8. The molecule has 4 nitrogen and oxygen atoms in total. The average molecular weight is 408 g/mol. The summed E-state index contributed by atoms with van der Waals surface area (Å²) in [7, 11) is 0. The molecule has 1 atom stereocenters. The summed E-state index contributed by atoms with van der Waals surface area (Å²) < 4.78 is 2.86. The van der Waals surface area contributed by atoms with E-state index in [4.69, 9.17) is 11.6 Å². The number of rotatable bonds is 4. The highest BCUT2D eigenvalue weighted by molar-refractivity contribution is 9.10. The number of aromatic nitrogens is 2. The van der Waals surface area contributed by atoms with Crippen LogP contribution in [0.25, 0.3) is 16.5 Å². The van der Waals surface area contributed by atoms with Gasteiger partial charge in [0.1, 0.15) is 5.82 Å². The van der Waals surface area contributed by atoms with Crippen molar-refractivity contribution in [3.8, 4) is 5.69 Å². The fourth-order valence-corrected chi connectivity index (χ4v) is 3.77. The van der Waals surface area contributed by atoms with E-state index >= 15 is 0 Å². The second-order valence-electron chi connectivity index (χ2n) is 5.80. The molecular weight excluding hydrogens is 392 g/mol. The SMILES string of the molecule is Cc1nc(Cl)c(CC(C)C(=O)O)n1-c1ccc2ccccc2c1Br. The van der Waals surface area contributed by atoms with Crippen LogP contribution in [0, 0.1) is 12.8 Å². The number of halogens is 2. The van der Waals surface area contributed by atoms with E-state index in [0.29, 0.717) is 17.3 Å². The minimum absolute atomic E-state index is 0.314. The Kier molecular flexibility index (Phi) is 4.65. The van der Waals surface area contributed by atoms with E-state index in [2.05, 4.69) is 20.9 Å². The number of carboxylic acids is 1. The Morgan fingerprint density at radius 2 is 2.04 bits per heavy atom. The van der Waals surface area contributed by atoms with Gasteiger partial charge < -0.3 is 5.11 Å². The maximum absolute atomic E-state index is 11.2. The minimum atomic E-state index is -0.853. The van der Waals surface area contributed by atoms with Crippen LogP contribution in [0.1, 0.15) is 18.4 Å². The lowest BCUT2D eigenvalue weighted by atomic mass is 10.1. The zero-order chi connectivity index (χ0) is 17.4. The lowest BCUT2D eigenvalue weighted by Crippen LogP contribution is -2.15. The molecular formula is C18H16BrClN2O2. The van der Waals surface area contributed by atoms with Crippen LogP contribution in [0.2, 0.25) is 5.15 Å². The molecule has 2 aromatic carbocycles. The number of nitrogens with zero attached hydrogens (tertiary/aromatic N) is 2. The van der Waals surface area contributed by atoms with Crippen LogP contribution in [0.15, 0.2) is 40.9 Å². The van der Waals surface area contributed by atoms with Crippen molar-refractivity contribution in [2.45, 2.75) is 20.3 Å². The molecule has 3 aromatic rings. The van der Waals surface area contributed by atoms with Crippen molar-refractivity contribution in [1.82, 2.24) is 9.55 Å². The van der Waals surface area contributed by atoms with Crippen molar-refractivity contribution < 1.29 is 9.90 Å². The lowest BCUT2D eigenvalue weighted by Gasteiger charge is -2.15. The predicted molar refractivity (Wildman–Crippen MR) is 99.0 cm³/mol. The Labute approximate surface area is 153 Å². The maximum atomic E-state index is 11.2. The number of carboxylic acid groups (broad SMARTS) is 1. The van der Waals surface area contributed by atoms with Gasteiger partial charge in [0.15, 0.2) is 5.15 Å². The molecule has 124 valence electrons. The number of imidazole rings is 1. The second-order valence-corrected chi connectivity index (χ2v) is 6.95. The molecule has 0 saturated carbocycles. The fraction of sp³-hybridized carbons (Fsp3) is 0.222. The van der Waals surface area contributed by atoms with E-state index in [1.165, 1.54) is 0 Å². The molecule has 0 aliphatic heterocycles. The molecule has 1 heterocycles. The molecule has 1 unspecified atom stereocenters. The monoisotopic (exact) mass is 406 g/mol. The average Bonchev–Trinajstić information content (AvgIpc) is 2.82. The molecule has 0 radical (unpaired) electrons. The zero-order valence-electron chi connectivity index (χ0n) is 13.3. The van der Waals surface area contributed by atoms with E-state index in [0.717, 1.165) is 26.8 Å². The topological polar surface area (TPSA) is 55.1 Å². The van der Waals surface area contributed by atoms with Gasteiger partial charge in [-0.1, -0.05) is 48.9 Å². The lowest BCUT2D eigenvalue weighted by molar-refractivity contribution is -0.141. The Morgan fingerprint density at radius 1 is 1.33 bits per heavy atom. The second kappa shape index (κ2) is 6.57. The number of aliphatic carboxylic acids is 1. The molecule has 0 spiro atoms. The van der Waals surface area contributed by atoms with Crippen molar-refractivity contribution >= 4 is 44.3 Å². The summed E-state index contributed by atoms with van der Waals surface area (Å²) in [6.45, 7) is 3.53. The van der Waals surface area contributed by atoms with Crippen molar-refractivity contribution in [3.63, 3.8) is 0 Å². The Bertz CT molecular complexity index is 936. The quantitative estimate of drug-likeness (QED) is 0.661. The predicted octanol–water partition coefficient (Wildman–Crippen LogP) is 5.01. The van der Waals surface area contributed by atoms with E-state index in [-0.39, 0.29) is 0 Å². The fourth-order valence-electron chi connectivity index (χ4n) is 2.81. The van der Waals surface area contributed by atoms with Gasteiger partial charge in [-0.15, -0.1) is 0 Å². The maximum Gasteiger partial charge on any atom is 0.306 e. The van der Waals surface area contributed by atoms with Gasteiger partial charge >= 0.3 is 5.97 Å². The highest BCUT2D eigenvalue weighted by Crippen LogP contribution is 2.33. The van der Waals surface area contributed by atoms with Crippen LogP contribution in [0.4, 0.5) is 0 Å². The summed E-state index contributed by atoms with van der Waals surface area (Å²) in [6, 6.07) is 12.1. The standard InChI is InChI=1S/C18H16BrClN2O2/c1-10(18(23)24)9-15-17(20)21-11(2)22(15)14-8-7-12-5-3-4-6-13(12)16(14)19/h3-8,10H,9H2,1-2H3,(H,23,24). The van der Waals surface area contributed by atoms with Gasteiger partial charge in [-0.2, -0.15) is 0 Å². The van der Waals surface area contributed by atoms with Gasteiger partial charge in [0.25, 0.3) is 0 Å². The van der Waals surface area contributed by atoms with E-state index in [9.17, 15) is 9.90 Å². The van der Waals surface area contributed by atoms with Gasteiger partial charge in [0.05, 0.1) is 17.3 Å². The smallest absolute Gasteiger partial charge is 0.306 e. The molecule has 3 rings (SSSR count). The summed E-state index contributed by atoms with van der Waals surface area (Å²) >= 11 is 9.96. The van der Waals surface area contributed by atoms with Gasteiger partial charge in [-0.25, -0.2) is 4.98 Å². The molecule has 0 fully saturated rings. The van der Waals surface area contributed by atoms with E-state index in [1.54, 1.807) is 6.92 Å². The molecule has 0 bridgehead atoms. The van der Waals surface area contributed by atoms with Crippen molar-refractivity contribution in [1.29, 1.82) is 0 Å². The Hall–Kier alpha value is -1.85. The van der Waals surface area contributed by atoms with Gasteiger partial charge in [0.2, 0.25) is 0 Å². The molecule has 0 saturated heterocycles. The van der Waals surface area contributed by atoms with Crippen LogP contribution >= 0.6 is 27.5 Å².